The van der Waals surface area contributed by atoms with Gasteiger partial charge in [0, 0.05) is 24.7 Å². The molecule has 2 fully saturated rings. The van der Waals surface area contributed by atoms with Crippen molar-refractivity contribution >= 4 is 0 Å². The molecule has 0 bridgehead atoms. The van der Waals surface area contributed by atoms with Gasteiger partial charge in [-0.2, -0.15) is 0 Å². The Morgan fingerprint density at radius 1 is 1.28 bits per heavy atom. The number of hydrogen-bond donors (Lipinski definition) is 1. The standard InChI is InChI=1S/C15H30N2O/c1-4-8-16-14-6-5-7-15(9-14)17-10-13(3)18-11-12(17)2/h12-16H,4-11H2,1-3H3. The zero-order valence-corrected chi connectivity index (χ0v) is 12.3. The lowest BCUT2D eigenvalue weighted by molar-refractivity contribution is -0.0726. The quantitative estimate of drug-likeness (QED) is 0.834. The van der Waals surface area contributed by atoms with Gasteiger partial charge in [0.15, 0.2) is 0 Å². The van der Waals surface area contributed by atoms with E-state index in [9.17, 15) is 0 Å². The molecule has 0 aromatic rings. The van der Waals surface area contributed by atoms with Gasteiger partial charge in [-0.15, -0.1) is 0 Å². The third kappa shape index (κ3) is 3.69. The van der Waals surface area contributed by atoms with Crippen molar-refractivity contribution in [2.75, 3.05) is 19.7 Å². The van der Waals surface area contributed by atoms with E-state index in [-0.39, 0.29) is 0 Å². The molecule has 1 aliphatic heterocycles. The van der Waals surface area contributed by atoms with E-state index in [2.05, 4.69) is 31.0 Å². The lowest BCUT2D eigenvalue weighted by Crippen LogP contribution is -2.54. The summed E-state index contributed by atoms with van der Waals surface area (Å²) in [7, 11) is 0. The smallest absolute Gasteiger partial charge is 0.0674 e. The van der Waals surface area contributed by atoms with Crippen LogP contribution in [-0.2, 0) is 4.74 Å². The first-order valence-corrected chi connectivity index (χ1v) is 7.81. The van der Waals surface area contributed by atoms with Crippen molar-refractivity contribution in [1.82, 2.24) is 10.2 Å². The molecule has 0 amide bonds. The second-order valence-electron chi connectivity index (χ2n) is 6.16. The fraction of sp³-hybridized carbons (Fsp3) is 1.00. The molecule has 106 valence electrons. The number of hydrogen-bond acceptors (Lipinski definition) is 3. The van der Waals surface area contributed by atoms with E-state index < -0.39 is 0 Å². The maximum absolute atomic E-state index is 5.75. The van der Waals surface area contributed by atoms with Crippen molar-refractivity contribution in [2.24, 2.45) is 0 Å². The molecule has 0 spiro atoms. The van der Waals surface area contributed by atoms with Gasteiger partial charge in [0.05, 0.1) is 12.7 Å². The van der Waals surface area contributed by atoms with Crippen LogP contribution in [0.4, 0.5) is 0 Å². The van der Waals surface area contributed by atoms with Crippen LogP contribution in [0.2, 0.25) is 0 Å². The van der Waals surface area contributed by atoms with Crippen molar-refractivity contribution in [1.29, 1.82) is 0 Å². The molecule has 0 aromatic heterocycles. The first-order chi connectivity index (χ1) is 8.70. The van der Waals surface area contributed by atoms with Gasteiger partial charge in [-0.05, 0) is 46.1 Å². The van der Waals surface area contributed by atoms with E-state index >= 15 is 0 Å². The summed E-state index contributed by atoms with van der Waals surface area (Å²) >= 11 is 0. The van der Waals surface area contributed by atoms with Gasteiger partial charge >= 0.3 is 0 Å². The molecule has 3 nitrogen and oxygen atoms in total. The Bertz CT molecular complexity index is 247. The fourth-order valence-electron chi connectivity index (χ4n) is 3.44. The molecule has 3 heteroatoms. The number of nitrogens with one attached hydrogen (secondary N) is 1. The molecular weight excluding hydrogens is 224 g/mol. The predicted octanol–water partition coefficient (Wildman–Crippen LogP) is 2.41. The molecule has 0 aromatic carbocycles. The number of rotatable bonds is 4. The molecule has 1 N–H and O–H groups in total. The highest BCUT2D eigenvalue weighted by atomic mass is 16.5. The number of ether oxygens (including phenoxy) is 1. The van der Waals surface area contributed by atoms with Crippen LogP contribution in [-0.4, -0.2) is 48.8 Å². The minimum Gasteiger partial charge on any atom is -0.376 e. The van der Waals surface area contributed by atoms with Gasteiger partial charge in [-0.3, -0.25) is 4.90 Å². The normalized spacial score (nSPS) is 38.8. The minimum atomic E-state index is 0.408. The molecular formula is C15H30N2O. The maximum Gasteiger partial charge on any atom is 0.0674 e. The largest absolute Gasteiger partial charge is 0.376 e. The van der Waals surface area contributed by atoms with E-state index in [1.807, 2.05) is 0 Å². The molecule has 4 atom stereocenters. The Labute approximate surface area is 112 Å². The lowest BCUT2D eigenvalue weighted by atomic mass is 9.88. The van der Waals surface area contributed by atoms with E-state index in [0.29, 0.717) is 12.1 Å². The first kappa shape index (κ1) is 14.3. The summed E-state index contributed by atoms with van der Waals surface area (Å²) in [6, 6.07) is 2.11. The third-order valence-electron chi connectivity index (χ3n) is 4.45. The van der Waals surface area contributed by atoms with Crippen LogP contribution < -0.4 is 5.32 Å². The zero-order chi connectivity index (χ0) is 13.0. The average molecular weight is 254 g/mol. The number of morpholine rings is 1. The second kappa shape index (κ2) is 6.88. The summed E-state index contributed by atoms with van der Waals surface area (Å²) in [5, 5.41) is 3.71. The SMILES string of the molecule is CCCNC1CCCC(N2CC(C)OCC2C)C1. The summed E-state index contributed by atoms with van der Waals surface area (Å²) in [5.41, 5.74) is 0. The molecule has 1 heterocycles. The Morgan fingerprint density at radius 2 is 2.11 bits per heavy atom. The van der Waals surface area contributed by atoms with Crippen LogP contribution in [0.5, 0.6) is 0 Å². The van der Waals surface area contributed by atoms with E-state index in [1.165, 1.54) is 38.6 Å². The van der Waals surface area contributed by atoms with E-state index in [0.717, 1.165) is 25.2 Å². The van der Waals surface area contributed by atoms with Crippen LogP contribution in [0.3, 0.4) is 0 Å². The van der Waals surface area contributed by atoms with Crippen molar-refractivity contribution < 1.29 is 4.74 Å². The summed E-state index contributed by atoms with van der Waals surface area (Å²) in [4.78, 5) is 2.70. The van der Waals surface area contributed by atoms with E-state index in [1.54, 1.807) is 0 Å². The monoisotopic (exact) mass is 254 g/mol. The Hall–Kier alpha value is -0.120. The second-order valence-corrected chi connectivity index (χ2v) is 6.16. The lowest BCUT2D eigenvalue weighted by Gasteiger charge is -2.45. The van der Waals surface area contributed by atoms with Crippen molar-refractivity contribution in [3.8, 4) is 0 Å². The van der Waals surface area contributed by atoms with Crippen LogP contribution in [0.15, 0.2) is 0 Å². The topological polar surface area (TPSA) is 24.5 Å². The first-order valence-electron chi connectivity index (χ1n) is 7.81. The highest BCUT2D eigenvalue weighted by Crippen LogP contribution is 2.27. The van der Waals surface area contributed by atoms with Gasteiger partial charge < -0.3 is 10.1 Å². The Morgan fingerprint density at radius 3 is 2.89 bits per heavy atom. The molecule has 1 saturated carbocycles. The number of nitrogens with zero attached hydrogens (tertiary/aromatic N) is 1. The molecule has 2 rings (SSSR count). The Kier molecular flexibility index (Phi) is 5.46. The molecule has 18 heavy (non-hydrogen) atoms. The van der Waals surface area contributed by atoms with Crippen LogP contribution in [0.1, 0.15) is 52.9 Å². The van der Waals surface area contributed by atoms with Gasteiger partial charge in [-0.1, -0.05) is 13.3 Å². The van der Waals surface area contributed by atoms with Gasteiger partial charge in [0.2, 0.25) is 0 Å². The fourth-order valence-corrected chi connectivity index (χ4v) is 3.44. The van der Waals surface area contributed by atoms with Gasteiger partial charge in [0.25, 0.3) is 0 Å². The predicted molar refractivity (Wildman–Crippen MR) is 75.9 cm³/mol. The average Bonchev–Trinajstić information content (AvgIpc) is 2.39. The highest BCUT2D eigenvalue weighted by molar-refractivity contribution is 4.88. The van der Waals surface area contributed by atoms with Crippen molar-refractivity contribution in [3.05, 3.63) is 0 Å². The molecule has 1 aliphatic carbocycles. The van der Waals surface area contributed by atoms with E-state index in [4.69, 9.17) is 4.74 Å². The summed E-state index contributed by atoms with van der Waals surface area (Å²) in [5.74, 6) is 0. The zero-order valence-electron chi connectivity index (χ0n) is 12.3. The van der Waals surface area contributed by atoms with Crippen LogP contribution >= 0.6 is 0 Å². The van der Waals surface area contributed by atoms with Crippen LogP contribution in [0.25, 0.3) is 0 Å². The molecule has 4 unspecified atom stereocenters. The summed E-state index contributed by atoms with van der Waals surface area (Å²) < 4.78 is 5.75. The van der Waals surface area contributed by atoms with Crippen molar-refractivity contribution in [2.45, 2.75) is 77.1 Å². The molecule has 1 saturated heterocycles. The summed E-state index contributed by atoms with van der Waals surface area (Å²) in [6.45, 7) is 9.96. The molecule has 2 aliphatic rings. The third-order valence-corrected chi connectivity index (χ3v) is 4.45. The summed E-state index contributed by atoms with van der Waals surface area (Å²) in [6.07, 6.45) is 7.10. The van der Waals surface area contributed by atoms with Crippen LogP contribution in [0, 0.1) is 0 Å². The maximum atomic E-state index is 5.75. The highest BCUT2D eigenvalue weighted by Gasteiger charge is 2.32. The van der Waals surface area contributed by atoms with Gasteiger partial charge in [-0.25, -0.2) is 0 Å². The minimum absolute atomic E-state index is 0.408. The Balaban J connectivity index is 1.86. The molecule has 0 radical (unpaired) electrons. The van der Waals surface area contributed by atoms with Crippen molar-refractivity contribution in [3.63, 3.8) is 0 Å². The van der Waals surface area contributed by atoms with Gasteiger partial charge in [0.1, 0.15) is 0 Å².